The largest absolute Gasteiger partial charge is 0.748 e. The lowest BCUT2D eigenvalue weighted by Gasteiger charge is -2.24. The first-order chi connectivity index (χ1) is 18.9. The number of thiazole rings is 1. The van der Waals surface area contributed by atoms with Gasteiger partial charge in [0, 0.05) is 42.4 Å². The number of pyridine rings is 2. The van der Waals surface area contributed by atoms with E-state index in [0.717, 1.165) is 37.9 Å². The molecule has 3 heterocycles. The van der Waals surface area contributed by atoms with E-state index < -0.39 is 10.1 Å². The molecule has 0 N–H and O–H groups in total. The van der Waals surface area contributed by atoms with Gasteiger partial charge in [-0.2, -0.15) is 4.57 Å². The summed E-state index contributed by atoms with van der Waals surface area (Å²) in [6.07, 6.45) is 7.99. The molecule has 0 unspecified atom stereocenters. The Morgan fingerprint density at radius 2 is 1.46 bits per heavy atom. The number of aromatic nitrogens is 3. The highest BCUT2D eigenvalue weighted by molar-refractivity contribution is 7.85. The van der Waals surface area contributed by atoms with E-state index in [9.17, 15) is 13.0 Å². The molecule has 3 aromatic heterocycles. The minimum Gasteiger partial charge on any atom is -0.748 e. The van der Waals surface area contributed by atoms with Crippen molar-refractivity contribution in [1.29, 1.82) is 0 Å². The van der Waals surface area contributed by atoms with E-state index >= 15 is 0 Å². The van der Waals surface area contributed by atoms with Gasteiger partial charge in [0.05, 0.1) is 34.6 Å². The Kier molecular flexibility index (Phi) is 8.41. The Balaban J connectivity index is 1.36. The van der Waals surface area contributed by atoms with Crippen LogP contribution in [0, 0.1) is 0 Å². The van der Waals surface area contributed by atoms with Crippen molar-refractivity contribution in [3.8, 4) is 0 Å². The minimum absolute atomic E-state index is 0.273. The number of benzene rings is 2. The number of aryl methyl sites for hydroxylation is 1. The van der Waals surface area contributed by atoms with Crippen molar-refractivity contribution >= 4 is 49.5 Å². The second-order valence-corrected chi connectivity index (χ2v) is 11.7. The zero-order valence-electron chi connectivity index (χ0n) is 21.3. The fraction of sp³-hybridized carbons (Fsp3) is 0.167. The Bertz CT molecular complexity index is 1610. The molecular weight excluding hydrogens is 528 g/mol. The van der Waals surface area contributed by atoms with Gasteiger partial charge in [-0.25, -0.2) is 8.42 Å². The number of fused-ring (bicyclic) bond motifs is 1. The molecule has 5 rings (SSSR count). The van der Waals surface area contributed by atoms with Crippen LogP contribution in [0.15, 0.2) is 97.3 Å². The van der Waals surface area contributed by atoms with Gasteiger partial charge in [0.1, 0.15) is 4.70 Å². The highest BCUT2D eigenvalue weighted by atomic mass is 32.2. The highest BCUT2D eigenvalue weighted by Gasteiger charge is 2.18. The van der Waals surface area contributed by atoms with Gasteiger partial charge in [0.2, 0.25) is 5.52 Å². The van der Waals surface area contributed by atoms with Crippen molar-refractivity contribution in [3.63, 3.8) is 0 Å². The monoisotopic (exact) mass is 556 g/mol. The Morgan fingerprint density at radius 3 is 2.08 bits per heavy atom. The average molecular weight is 557 g/mol. The summed E-state index contributed by atoms with van der Waals surface area (Å²) in [7, 11) is -4.24. The van der Waals surface area contributed by atoms with Crippen molar-refractivity contribution in [1.82, 2.24) is 9.97 Å². The lowest BCUT2D eigenvalue weighted by atomic mass is 10.1. The van der Waals surface area contributed by atoms with Crippen molar-refractivity contribution < 1.29 is 17.5 Å². The summed E-state index contributed by atoms with van der Waals surface area (Å²) in [5.74, 6) is -0.373. The van der Waals surface area contributed by atoms with Gasteiger partial charge < -0.3 is 9.45 Å². The summed E-state index contributed by atoms with van der Waals surface area (Å²) in [5, 5.41) is 0.996. The third-order valence-corrected chi connectivity index (χ3v) is 8.17. The topological polar surface area (TPSA) is 90.1 Å². The third-order valence-electron chi connectivity index (χ3n) is 6.25. The number of rotatable bonds is 11. The summed E-state index contributed by atoms with van der Waals surface area (Å²) >= 11 is 1.64. The number of hydrogen-bond acceptors (Lipinski definition) is 7. The maximum atomic E-state index is 11.1. The van der Waals surface area contributed by atoms with Crippen molar-refractivity contribution in [3.05, 3.63) is 119 Å². The minimum atomic E-state index is -4.24. The molecule has 0 spiro atoms. The lowest BCUT2D eigenvalue weighted by molar-refractivity contribution is -0.668. The van der Waals surface area contributed by atoms with E-state index in [1.54, 1.807) is 11.3 Å². The van der Waals surface area contributed by atoms with E-state index in [-0.39, 0.29) is 12.2 Å². The second-order valence-electron chi connectivity index (χ2n) is 9.10. The van der Waals surface area contributed by atoms with Gasteiger partial charge in [0.25, 0.3) is 5.01 Å². The summed E-state index contributed by atoms with van der Waals surface area (Å²) in [5.41, 5.74) is 5.10. The van der Waals surface area contributed by atoms with E-state index in [4.69, 9.17) is 0 Å². The number of nitrogens with zero attached hydrogens (tertiary/aromatic N) is 4. The molecule has 0 saturated carbocycles. The van der Waals surface area contributed by atoms with Crippen LogP contribution in [-0.2, 0) is 29.8 Å². The first-order valence-electron chi connectivity index (χ1n) is 12.6. The predicted molar refractivity (Wildman–Crippen MR) is 155 cm³/mol. The molecule has 0 saturated heterocycles. The summed E-state index contributed by atoms with van der Waals surface area (Å²) in [4.78, 5) is 11.3. The summed E-state index contributed by atoms with van der Waals surface area (Å²) < 4.78 is 36.5. The first-order valence-corrected chi connectivity index (χ1v) is 15.0. The fourth-order valence-corrected chi connectivity index (χ4v) is 5.96. The van der Waals surface area contributed by atoms with Crippen LogP contribution in [0.5, 0.6) is 0 Å². The molecule has 7 nitrogen and oxygen atoms in total. The van der Waals surface area contributed by atoms with Crippen LogP contribution in [0.3, 0.4) is 0 Å². The normalized spacial score (nSPS) is 11.8. The van der Waals surface area contributed by atoms with Crippen LogP contribution in [0.25, 0.3) is 22.4 Å². The molecule has 0 fully saturated rings. The van der Waals surface area contributed by atoms with Crippen LogP contribution in [-0.4, -0.2) is 28.7 Å². The van der Waals surface area contributed by atoms with Gasteiger partial charge in [-0.15, -0.1) is 0 Å². The van der Waals surface area contributed by atoms with Crippen LogP contribution in [0.2, 0.25) is 0 Å². The SMILES string of the molecule is O=S(=O)([O-])CCC[n+]1c(/C=C/c2ccc(N(Cc3ccccn3)Cc3ccccn3)cc2)sc2ccccc21. The quantitative estimate of drug-likeness (QED) is 0.162. The average Bonchev–Trinajstić information content (AvgIpc) is 3.30. The van der Waals surface area contributed by atoms with E-state index in [0.29, 0.717) is 19.6 Å². The van der Waals surface area contributed by atoms with Gasteiger partial charge in [0.15, 0.2) is 6.54 Å². The molecular formula is C30H28N4O3S2. The molecule has 0 aliphatic carbocycles. The number of hydrogen-bond donors (Lipinski definition) is 0. The maximum Gasteiger partial charge on any atom is 0.262 e. The van der Waals surface area contributed by atoms with Gasteiger partial charge in [-0.3, -0.25) is 9.97 Å². The summed E-state index contributed by atoms with van der Waals surface area (Å²) in [6.45, 7) is 1.78. The predicted octanol–water partition coefficient (Wildman–Crippen LogP) is 5.29. The molecule has 9 heteroatoms. The zero-order chi connectivity index (χ0) is 27.1. The molecule has 2 aromatic carbocycles. The third kappa shape index (κ3) is 7.35. The molecule has 0 aliphatic heterocycles. The number of para-hydroxylation sites is 1. The molecule has 0 aliphatic rings. The maximum absolute atomic E-state index is 11.1. The van der Waals surface area contributed by atoms with Crippen molar-refractivity contribution in [2.24, 2.45) is 0 Å². The summed E-state index contributed by atoms with van der Waals surface area (Å²) in [6, 6.07) is 28.2. The van der Waals surface area contributed by atoms with Crippen LogP contribution < -0.4 is 9.47 Å². The Morgan fingerprint density at radius 1 is 0.821 bits per heavy atom. The van der Waals surface area contributed by atoms with E-state index in [2.05, 4.69) is 49.8 Å². The molecule has 39 heavy (non-hydrogen) atoms. The standard InChI is InChI=1S/C30H28N4O3S2/c35-39(36,37)21-7-20-34-28-10-1-2-11-29(28)38-30(34)17-14-24-12-15-27(16-13-24)33(22-25-8-3-5-18-31-25)23-26-9-4-6-19-32-26/h1-6,8-19H,7,20-23H2. The molecule has 0 radical (unpaired) electrons. The van der Waals surface area contributed by atoms with Crippen LogP contribution >= 0.6 is 11.3 Å². The van der Waals surface area contributed by atoms with Crippen LogP contribution in [0.4, 0.5) is 5.69 Å². The molecule has 0 bridgehead atoms. The van der Waals surface area contributed by atoms with Gasteiger partial charge in [-0.1, -0.05) is 47.7 Å². The van der Waals surface area contributed by atoms with Gasteiger partial charge >= 0.3 is 0 Å². The fourth-order valence-electron chi connectivity index (χ4n) is 4.38. The molecule has 0 atom stereocenters. The van der Waals surface area contributed by atoms with Gasteiger partial charge in [-0.05, 0) is 54.1 Å². The lowest BCUT2D eigenvalue weighted by Crippen LogP contribution is -2.35. The highest BCUT2D eigenvalue weighted by Crippen LogP contribution is 2.24. The Hall–Kier alpha value is -3.92. The smallest absolute Gasteiger partial charge is 0.262 e. The number of anilines is 1. The first kappa shape index (κ1) is 26.7. The molecule has 0 amide bonds. The van der Waals surface area contributed by atoms with Crippen LogP contribution in [0.1, 0.15) is 28.4 Å². The van der Waals surface area contributed by atoms with Crippen molar-refractivity contribution in [2.75, 3.05) is 10.7 Å². The Labute approximate surface area is 232 Å². The zero-order valence-corrected chi connectivity index (χ0v) is 22.9. The molecule has 198 valence electrons. The van der Waals surface area contributed by atoms with E-state index in [1.165, 1.54) is 0 Å². The second kappa shape index (κ2) is 12.3. The van der Waals surface area contributed by atoms with Crippen molar-refractivity contribution in [2.45, 2.75) is 26.1 Å². The van der Waals surface area contributed by atoms with E-state index in [1.807, 2.05) is 79.1 Å². The molecule has 5 aromatic rings.